The highest BCUT2D eigenvalue weighted by molar-refractivity contribution is 9.10. The molecule has 0 spiro atoms. The Morgan fingerprint density at radius 2 is 2.11 bits per heavy atom. The number of hydrogen-bond donors (Lipinski definition) is 1. The Kier molecular flexibility index (Phi) is 5.34. The van der Waals surface area contributed by atoms with Crippen molar-refractivity contribution in [3.05, 3.63) is 33.8 Å². The van der Waals surface area contributed by atoms with E-state index in [4.69, 9.17) is 4.74 Å². The van der Waals surface area contributed by atoms with Crippen LogP contribution >= 0.6 is 15.9 Å². The maximum atomic E-state index is 11.9. The molecule has 1 rings (SSSR count). The van der Waals surface area contributed by atoms with Crippen molar-refractivity contribution in [2.24, 2.45) is 0 Å². The molecular formula is C13H16BrNO3. The van der Waals surface area contributed by atoms with Gasteiger partial charge in [-0.1, -0.05) is 15.9 Å². The molecule has 0 fully saturated rings. The third-order valence-corrected chi connectivity index (χ3v) is 3.30. The van der Waals surface area contributed by atoms with Gasteiger partial charge in [-0.2, -0.15) is 0 Å². The molecular weight excluding hydrogens is 298 g/mol. The van der Waals surface area contributed by atoms with Crippen LogP contribution in [0.5, 0.6) is 0 Å². The van der Waals surface area contributed by atoms with Crippen molar-refractivity contribution in [2.45, 2.75) is 26.8 Å². The Morgan fingerprint density at radius 1 is 1.44 bits per heavy atom. The van der Waals surface area contributed by atoms with Gasteiger partial charge in [-0.05, 0) is 44.5 Å². The topological polar surface area (TPSA) is 55.4 Å². The standard InChI is InChI=1S/C13H16BrNO3/c1-4-18-13(17)9(3)15-12(16)10-5-6-11(14)8(2)7-10/h5-7,9H,4H2,1-3H3,(H,15,16). The molecule has 5 heteroatoms. The molecule has 1 amide bonds. The van der Waals surface area contributed by atoms with Crippen LogP contribution in [0.25, 0.3) is 0 Å². The molecule has 0 aliphatic heterocycles. The molecule has 4 nitrogen and oxygen atoms in total. The number of esters is 1. The zero-order valence-corrected chi connectivity index (χ0v) is 12.2. The van der Waals surface area contributed by atoms with E-state index in [0.29, 0.717) is 12.2 Å². The molecule has 1 unspecified atom stereocenters. The molecule has 98 valence electrons. The molecule has 1 aromatic carbocycles. The van der Waals surface area contributed by atoms with Crippen LogP contribution < -0.4 is 5.32 Å². The second-order valence-corrected chi connectivity index (χ2v) is 4.77. The molecule has 0 saturated carbocycles. The van der Waals surface area contributed by atoms with Gasteiger partial charge in [0.05, 0.1) is 6.61 Å². The lowest BCUT2D eigenvalue weighted by Gasteiger charge is -2.13. The van der Waals surface area contributed by atoms with Gasteiger partial charge in [0, 0.05) is 10.0 Å². The van der Waals surface area contributed by atoms with Crippen molar-refractivity contribution in [3.63, 3.8) is 0 Å². The maximum Gasteiger partial charge on any atom is 0.328 e. The predicted molar refractivity (Wildman–Crippen MR) is 72.4 cm³/mol. The lowest BCUT2D eigenvalue weighted by Crippen LogP contribution is -2.39. The van der Waals surface area contributed by atoms with Crippen LogP contribution in [0.4, 0.5) is 0 Å². The average Bonchev–Trinajstić information content (AvgIpc) is 2.32. The first-order chi connectivity index (χ1) is 8.45. The van der Waals surface area contributed by atoms with E-state index < -0.39 is 12.0 Å². The Morgan fingerprint density at radius 3 is 2.67 bits per heavy atom. The summed E-state index contributed by atoms with van der Waals surface area (Å²) in [5.74, 6) is -0.717. The number of hydrogen-bond acceptors (Lipinski definition) is 3. The predicted octanol–water partition coefficient (Wildman–Crippen LogP) is 2.44. The van der Waals surface area contributed by atoms with Crippen molar-refractivity contribution in [1.82, 2.24) is 5.32 Å². The molecule has 0 aliphatic carbocycles. The van der Waals surface area contributed by atoms with E-state index in [-0.39, 0.29) is 5.91 Å². The van der Waals surface area contributed by atoms with E-state index in [1.807, 2.05) is 6.92 Å². The number of carbonyl (C=O) groups excluding carboxylic acids is 2. The lowest BCUT2D eigenvalue weighted by molar-refractivity contribution is -0.144. The van der Waals surface area contributed by atoms with Crippen LogP contribution in [-0.2, 0) is 9.53 Å². The molecule has 0 aliphatic rings. The van der Waals surface area contributed by atoms with Crippen LogP contribution in [-0.4, -0.2) is 24.5 Å². The van der Waals surface area contributed by atoms with Crippen LogP contribution in [0.15, 0.2) is 22.7 Å². The van der Waals surface area contributed by atoms with Gasteiger partial charge in [0.25, 0.3) is 5.91 Å². The van der Waals surface area contributed by atoms with E-state index in [1.54, 1.807) is 32.0 Å². The summed E-state index contributed by atoms with van der Waals surface area (Å²) in [6.45, 7) is 5.53. The second kappa shape index (κ2) is 6.54. The number of halogens is 1. The van der Waals surface area contributed by atoms with E-state index in [9.17, 15) is 9.59 Å². The monoisotopic (exact) mass is 313 g/mol. The maximum absolute atomic E-state index is 11.9. The summed E-state index contributed by atoms with van der Waals surface area (Å²) in [6.07, 6.45) is 0. The normalized spacial score (nSPS) is 11.8. The van der Waals surface area contributed by atoms with Crippen molar-refractivity contribution >= 4 is 27.8 Å². The fourth-order valence-electron chi connectivity index (χ4n) is 1.39. The Labute approximate surface area is 115 Å². The zero-order valence-electron chi connectivity index (χ0n) is 10.6. The molecule has 0 aromatic heterocycles. The largest absolute Gasteiger partial charge is 0.464 e. The minimum atomic E-state index is -0.651. The number of aryl methyl sites for hydroxylation is 1. The van der Waals surface area contributed by atoms with Gasteiger partial charge in [-0.3, -0.25) is 4.79 Å². The molecule has 0 radical (unpaired) electrons. The number of carbonyl (C=O) groups is 2. The number of amides is 1. The van der Waals surface area contributed by atoms with E-state index in [2.05, 4.69) is 21.2 Å². The zero-order chi connectivity index (χ0) is 13.7. The summed E-state index contributed by atoms with van der Waals surface area (Å²) in [5.41, 5.74) is 1.48. The van der Waals surface area contributed by atoms with Gasteiger partial charge in [-0.25, -0.2) is 4.79 Å². The van der Waals surface area contributed by atoms with Crippen molar-refractivity contribution < 1.29 is 14.3 Å². The molecule has 18 heavy (non-hydrogen) atoms. The summed E-state index contributed by atoms with van der Waals surface area (Å²) in [5, 5.41) is 2.60. The lowest BCUT2D eigenvalue weighted by atomic mass is 10.1. The van der Waals surface area contributed by atoms with Crippen LogP contribution in [0.2, 0.25) is 0 Å². The van der Waals surface area contributed by atoms with E-state index >= 15 is 0 Å². The minimum absolute atomic E-state index is 0.286. The fourth-order valence-corrected chi connectivity index (χ4v) is 1.64. The highest BCUT2D eigenvalue weighted by atomic mass is 79.9. The van der Waals surface area contributed by atoms with Gasteiger partial charge in [0.2, 0.25) is 0 Å². The SMILES string of the molecule is CCOC(=O)C(C)NC(=O)c1ccc(Br)c(C)c1. The van der Waals surface area contributed by atoms with Crippen molar-refractivity contribution in [3.8, 4) is 0 Å². The third-order valence-electron chi connectivity index (χ3n) is 2.41. The molecule has 1 atom stereocenters. The smallest absolute Gasteiger partial charge is 0.328 e. The van der Waals surface area contributed by atoms with Crippen molar-refractivity contribution in [1.29, 1.82) is 0 Å². The quantitative estimate of drug-likeness (QED) is 0.869. The fraction of sp³-hybridized carbons (Fsp3) is 0.385. The van der Waals surface area contributed by atoms with Crippen LogP contribution in [0, 0.1) is 6.92 Å². The van der Waals surface area contributed by atoms with Crippen molar-refractivity contribution in [2.75, 3.05) is 6.61 Å². The Balaban J connectivity index is 2.70. The summed E-state index contributed by atoms with van der Waals surface area (Å²) in [7, 11) is 0. The number of benzene rings is 1. The Hall–Kier alpha value is -1.36. The van der Waals surface area contributed by atoms with Crippen LogP contribution in [0.3, 0.4) is 0 Å². The summed E-state index contributed by atoms with van der Waals surface area (Å²) < 4.78 is 5.76. The van der Waals surface area contributed by atoms with E-state index in [1.165, 1.54) is 0 Å². The molecule has 1 aromatic rings. The highest BCUT2D eigenvalue weighted by Gasteiger charge is 2.17. The third kappa shape index (κ3) is 3.84. The minimum Gasteiger partial charge on any atom is -0.464 e. The highest BCUT2D eigenvalue weighted by Crippen LogP contribution is 2.17. The summed E-state index contributed by atoms with van der Waals surface area (Å²) in [6, 6.07) is 4.61. The van der Waals surface area contributed by atoms with E-state index in [0.717, 1.165) is 10.0 Å². The summed E-state index contributed by atoms with van der Waals surface area (Å²) in [4.78, 5) is 23.3. The number of rotatable bonds is 4. The van der Waals surface area contributed by atoms with Gasteiger partial charge < -0.3 is 10.1 Å². The molecule has 0 heterocycles. The summed E-state index contributed by atoms with van der Waals surface area (Å²) >= 11 is 3.37. The van der Waals surface area contributed by atoms with Gasteiger partial charge in [-0.15, -0.1) is 0 Å². The first-order valence-corrected chi connectivity index (χ1v) is 6.48. The van der Waals surface area contributed by atoms with Gasteiger partial charge >= 0.3 is 5.97 Å². The van der Waals surface area contributed by atoms with Gasteiger partial charge in [0.1, 0.15) is 6.04 Å². The molecule has 0 bridgehead atoms. The second-order valence-electron chi connectivity index (χ2n) is 3.91. The molecule has 1 N–H and O–H groups in total. The van der Waals surface area contributed by atoms with Gasteiger partial charge in [0.15, 0.2) is 0 Å². The number of ether oxygens (including phenoxy) is 1. The average molecular weight is 314 g/mol. The first-order valence-electron chi connectivity index (χ1n) is 5.69. The van der Waals surface area contributed by atoms with Crippen LogP contribution in [0.1, 0.15) is 29.8 Å². The number of nitrogens with one attached hydrogen (secondary N) is 1. The first kappa shape index (κ1) is 14.7. The molecule has 0 saturated heterocycles. The Bertz CT molecular complexity index is 460.